The van der Waals surface area contributed by atoms with E-state index in [2.05, 4.69) is 0 Å². The van der Waals surface area contributed by atoms with E-state index in [-0.39, 0.29) is 12.7 Å². The third-order valence-corrected chi connectivity index (χ3v) is 4.33. The van der Waals surface area contributed by atoms with Crippen LogP contribution in [0.5, 0.6) is 0 Å². The topological polar surface area (TPSA) is 49.8 Å². The average Bonchev–Trinajstić information content (AvgIpc) is 2.54. The first-order valence-electron chi connectivity index (χ1n) is 8.25. The molecule has 0 bridgehead atoms. The van der Waals surface area contributed by atoms with Crippen molar-refractivity contribution < 1.29 is 14.6 Å². The van der Waals surface area contributed by atoms with Crippen molar-refractivity contribution in [3.05, 3.63) is 35.9 Å². The summed E-state index contributed by atoms with van der Waals surface area (Å²) in [6, 6.07) is 9.61. The zero-order chi connectivity index (χ0) is 15.8. The number of carbonyl (C=O) groups is 1. The standard InChI is InChI=1S/C18H27NO3/c1-19(13-17(20)12-15-8-4-2-5-9-15)18(21)22-14-16-10-6-3-7-11-16/h3,6-7,10-11,15,17,20H,2,4-5,8-9,12-14H2,1H3. The summed E-state index contributed by atoms with van der Waals surface area (Å²) in [6.45, 7) is 0.604. The van der Waals surface area contributed by atoms with Gasteiger partial charge in [0.05, 0.1) is 6.10 Å². The Kier molecular flexibility index (Phi) is 6.72. The van der Waals surface area contributed by atoms with Gasteiger partial charge in [0.1, 0.15) is 6.61 Å². The summed E-state index contributed by atoms with van der Waals surface area (Å²) in [5, 5.41) is 10.2. The van der Waals surface area contributed by atoms with E-state index in [4.69, 9.17) is 4.74 Å². The second kappa shape index (κ2) is 8.79. The predicted octanol–water partition coefficient (Wildman–Crippen LogP) is 3.59. The highest BCUT2D eigenvalue weighted by atomic mass is 16.6. The van der Waals surface area contributed by atoms with E-state index in [1.807, 2.05) is 30.3 Å². The molecule has 0 aliphatic heterocycles. The minimum Gasteiger partial charge on any atom is -0.445 e. The molecule has 22 heavy (non-hydrogen) atoms. The van der Waals surface area contributed by atoms with E-state index < -0.39 is 6.10 Å². The number of aliphatic hydroxyl groups is 1. The van der Waals surface area contributed by atoms with E-state index in [9.17, 15) is 9.90 Å². The molecule has 1 aromatic rings. The van der Waals surface area contributed by atoms with E-state index in [1.54, 1.807) is 7.05 Å². The normalized spacial score (nSPS) is 17.0. The van der Waals surface area contributed by atoms with Gasteiger partial charge in [0.25, 0.3) is 0 Å². The summed E-state index contributed by atoms with van der Waals surface area (Å²) in [4.78, 5) is 13.4. The highest BCUT2D eigenvalue weighted by Gasteiger charge is 2.20. The number of carbonyl (C=O) groups excluding carboxylic acids is 1. The number of aliphatic hydroxyl groups excluding tert-OH is 1. The van der Waals surface area contributed by atoms with Gasteiger partial charge in [0.2, 0.25) is 0 Å². The maximum absolute atomic E-state index is 11.9. The van der Waals surface area contributed by atoms with Crippen molar-refractivity contribution in [2.24, 2.45) is 5.92 Å². The molecule has 1 unspecified atom stereocenters. The summed E-state index contributed by atoms with van der Waals surface area (Å²) in [7, 11) is 1.68. The number of rotatable bonds is 6. The fourth-order valence-corrected chi connectivity index (χ4v) is 3.10. The Morgan fingerprint density at radius 2 is 1.95 bits per heavy atom. The summed E-state index contributed by atoms with van der Waals surface area (Å²) in [5.74, 6) is 0.609. The van der Waals surface area contributed by atoms with Crippen LogP contribution in [0.4, 0.5) is 4.79 Å². The van der Waals surface area contributed by atoms with Crippen LogP contribution in [-0.2, 0) is 11.3 Å². The zero-order valence-corrected chi connectivity index (χ0v) is 13.4. The number of amides is 1. The van der Waals surface area contributed by atoms with Gasteiger partial charge in [-0.15, -0.1) is 0 Å². The quantitative estimate of drug-likeness (QED) is 0.874. The van der Waals surface area contributed by atoms with E-state index in [0.29, 0.717) is 12.5 Å². The average molecular weight is 305 g/mol. The molecular formula is C18H27NO3. The first-order valence-corrected chi connectivity index (χ1v) is 8.25. The Morgan fingerprint density at radius 3 is 2.64 bits per heavy atom. The lowest BCUT2D eigenvalue weighted by molar-refractivity contribution is 0.0669. The van der Waals surface area contributed by atoms with Crippen LogP contribution in [0.2, 0.25) is 0 Å². The van der Waals surface area contributed by atoms with Crippen molar-refractivity contribution in [1.82, 2.24) is 4.90 Å². The van der Waals surface area contributed by atoms with Crippen molar-refractivity contribution in [3.63, 3.8) is 0 Å². The number of ether oxygens (including phenoxy) is 1. The minimum atomic E-state index is -0.461. The smallest absolute Gasteiger partial charge is 0.409 e. The lowest BCUT2D eigenvalue weighted by Gasteiger charge is -2.26. The lowest BCUT2D eigenvalue weighted by Crippen LogP contribution is -2.35. The molecular weight excluding hydrogens is 278 g/mol. The predicted molar refractivity (Wildman–Crippen MR) is 86.5 cm³/mol. The third kappa shape index (κ3) is 5.68. The molecule has 122 valence electrons. The molecule has 1 aliphatic carbocycles. The molecule has 1 fully saturated rings. The first kappa shape index (κ1) is 16.8. The molecule has 1 amide bonds. The number of hydrogen-bond acceptors (Lipinski definition) is 3. The van der Waals surface area contributed by atoms with Crippen LogP contribution in [0.1, 0.15) is 44.1 Å². The second-order valence-electron chi connectivity index (χ2n) is 6.31. The van der Waals surface area contributed by atoms with Gasteiger partial charge < -0.3 is 14.7 Å². The third-order valence-electron chi connectivity index (χ3n) is 4.33. The van der Waals surface area contributed by atoms with Crippen LogP contribution in [0.15, 0.2) is 30.3 Å². The van der Waals surface area contributed by atoms with Crippen LogP contribution < -0.4 is 0 Å². The number of nitrogens with zero attached hydrogens (tertiary/aromatic N) is 1. The monoisotopic (exact) mass is 305 g/mol. The molecule has 0 aromatic heterocycles. The maximum atomic E-state index is 11.9. The van der Waals surface area contributed by atoms with Gasteiger partial charge in [-0.25, -0.2) is 4.79 Å². The van der Waals surface area contributed by atoms with E-state index in [0.717, 1.165) is 12.0 Å². The molecule has 1 aromatic carbocycles. The van der Waals surface area contributed by atoms with Crippen molar-refractivity contribution >= 4 is 6.09 Å². The Labute approximate surface area is 133 Å². The van der Waals surface area contributed by atoms with Crippen LogP contribution in [0.25, 0.3) is 0 Å². The SMILES string of the molecule is CN(CC(O)CC1CCCCC1)C(=O)OCc1ccccc1. The van der Waals surface area contributed by atoms with Gasteiger partial charge in [0, 0.05) is 13.6 Å². The van der Waals surface area contributed by atoms with Crippen LogP contribution in [-0.4, -0.2) is 35.8 Å². The molecule has 1 N–H and O–H groups in total. The van der Waals surface area contributed by atoms with Crippen molar-refractivity contribution in [2.75, 3.05) is 13.6 Å². The zero-order valence-electron chi connectivity index (χ0n) is 13.4. The maximum Gasteiger partial charge on any atom is 0.409 e. The van der Waals surface area contributed by atoms with E-state index in [1.165, 1.54) is 37.0 Å². The first-order chi connectivity index (χ1) is 10.6. The summed E-state index contributed by atoms with van der Waals surface area (Å²) < 4.78 is 5.26. The molecule has 0 saturated heterocycles. The molecule has 0 heterocycles. The Hall–Kier alpha value is -1.55. The van der Waals surface area contributed by atoms with Crippen molar-refractivity contribution in [1.29, 1.82) is 0 Å². The largest absolute Gasteiger partial charge is 0.445 e. The summed E-state index contributed by atoms with van der Waals surface area (Å²) in [5.41, 5.74) is 0.965. The van der Waals surface area contributed by atoms with Gasteiger partial charge in [-0.05, 0) is 17.9 Å². The highest BCUT2D eigenvalue weighted by Crippen LogP contribution is 2.27. The fraction of sp³-hybridized carbons (Fsp3) is 0.611. The van der Waals surface area contributed by atoms with Crippen molar-refractivity contribution in [2.45, 2.75) is 51.2 Å². The number of likely N-dealkylation sites (N-methyl/N-ethyl adjacent to an activating group) is 1. The van der Waals surface area contributed by atoms with E-state index >= 15 is 0 Å². The molecule has 1 saturated carbocycles. The molecule has 0 spiro atoms. The minimum absolute atomic E-state index is 0.267. The summed E-state index contributed by atoms with van der Waals surface area (Å²) >= 11 is 0. The van der Waals surface area contributed by atoms with Gasteiger partial charge in [-0.2, -0.15) is 0 Å². The number of benzene rings is 1. The van der Waals surface area contributed by atoms with Crippen LogP contribution in [0, 0.1) is 5.92 Å². The van der Waals surface area contributed by atoms with Gasteiger partial charge in [0.15, 0.2) is 0 Å². The molecule has 2 rings (SSSR count). The molecule has 0 radical (unpaired) electrons. The van der Waals surface area contributed by atoms with Crippen molar-refractivity contribution in [3.8, 4) is 0 Å². The molecule has 1 aliphatic rings. The summed E-state index contributed by atoms with van der Waals surface area (Å²) in [6.07, 6.45) is 6.22. The lowest BCUT2D eigenvalue weighted by atomic mass is 9.85. The van der Waals surface area contributed by atoms with Gasteiger partial charge in [-0.3, -0.25) is 0 Å². The molecule has 1 atom stereocenters. The number of hydrogen-bond donors (Lipinski definition) is 1. The van der Waals surface area contributed by atoms with Crippen LogP contribution in [0.3, 0.4) is 0 Å². The Balaban J connectivity index is 1.68. The van der Waals surface area contributed by atoms with Gasteiger partial charge >= 0.3 is 6.09 Å². The Bertz CT molecular complexity index is 443. The molecule has 4 nitrogen and oxygen atoms in total. The highest BCUT2D eigenvalue weighted by molar-refractivity contribution is 5.67. The fourth-order valence-electron chi connectivity index (χ4n) is 3.10. The van der Waals surface area contributed by atoms with Crippen LogP contribution >= 0.6 is 0 Å². The van der Waals surface area contributed by atoms with Gasteiger partial charge in [-0.1, -0.05) is 62.4 Å². The molecule has 4 heteroatoms. The second-order valence-corrected chi connectivity index (χ2v) is 6.31. The Morgan fingerprint density at radius 1 is 1.27 bits per heavy atom.